The Balaban J connectivity index is 2.65. The van der Waals surface area contributed by atoms with Crippen LogP contribution >= 0.6 is 0 Å². The maximum absolute atomic E-state index is 11.6. The van der Waals surface area contributed by atoms with Crippen molar-refractivity contribution in [2.45, 2.75) is 34.2 Å². The average molecular weight is 265 g/mol. The zero-order valence-corrected chi connectivity index (χ0v) is 12.3. The van der Waals surface area contributed by atoms with Crippen LogP contribution < -0.4 is 15.4 Å². The molecule has 19 heavy (non-hydrogen) atoms. The lowest BCUT2D eigenvalue weighted by molar-refractivity contribution is 0.239. The Hall–Kier alpha value is -1.78. The smallest absolute Gasteiger partial charge is 0.315 e. The lowest BCUT2D eigenvalue weighted by atomic mass is 10.1. The fourth-order valence-corrected chi connectivity index (χ4v) is 1.74. The molecule has 106 valence electrons. The molecule has 1 heterocycles. The molecule has 1 aromatic rings. The van der Waals surface area contributed by atoms with E-state index in [1.54, 1.807) is 7.11 Å². The molecule has 0 aliphatic carbocycles. The van der Waals surface area contributed by atoms with Gasteiger partial charge in [-0.2, -0.15) is 0 Å². The quantitative estimate of drug-likeness (QED) is 0.857. The summed E-state index contributed by atoms with van der Waals surface area (Å²) in [6.45, 7) is 9.08. The van der Waals surface area contributed by atoms with Gasteiger partial charge in [-0.1, -0.05) is 13.8 Å². The second-order valence-corrected chi connectivity index (χ2v) is 5.03. The summed E-state index contributed by atoms with van der Waals surface area (Å²) in [6, 6.07) is 1.81. The van der Waals surface area contributed by atoms with Gasteiger partial charge in [-0.05, 0) is 31.4 Å². The summed E-state index contributed by atoms with van der Waals surface area (Å²) in [5, 5.41) is 5.63. The van der Waals surface area contributed by atoms with Gasteiger partial charge in [0.05, 0.1) is 13.7 Å². The Morgan fingerprint density at radius 3 is 2.63 bits per heavy atom. The van der Waals surface area contributed by atoms with Crippen molar-refractivity contribution in [1.82, 2.24) is 15.6 Å². The van der Waals surface area contributed by atoms with Crippen molar-refractivity contribution < 1.29 is 9.53 Å². The molecule has 0 aliphatic rings. The molecule has 0 radical (unpaired) electrons. The predicted octanol–water partition coefficient (Wildman–Crippen LogP) is 2.16. The van der Waals surface area contributed by atoms with Crippen LogP contribution in [0, 0.1) is 19.8 Å². The van der Waals surface area contributed by atoms with E-state index in [2.05, 4.69) is 29.5 Å². The minimum atomic E-state index is -0.171. The van der Waals surface area contributed by atoms with Crippen LogP contribution in [0.1, 0.15) is 30.7 Å². The second-order valence-electron chi connectivity index (χ2n) is 5.03. The number of methoxy groups -OCH3 is 1. The van der Waals surface area contributed by atoms with Gasteiger partial charge in [0.25, 0.3) is 0 Å². The average Bonchev–Trinajstić information content (AvgIpc) is 2.34. The molecule has 2 amide bonds. The standard InChI is InChI=1S/C14H23N3O2/c1-9(2)7-15-14(18)16-8-12-10(3)6-11(4)17-13(12)19-5/h6,9H,7-8H2,1-5H3,(H2,15,16,18). The molecule has 0 fully saturated rings. The van der Waals surface area contributed by atoms with Crippen molar-refractivity contribution in [2.24, 2.45) is 5.92 Å². The third-order valence-electron chi connectivity index (χ3n) is 2.73. The topological polar surface area (TPSA) is 63.2 Å². The highest BCUT2D eigenvalue weighted by Crippen LogP contribution is 2.20. The largest absolute Gasteiger partial charge is 0.481 e. The number of nitrogens with zero attached hydrogens (tertiary/aromatic N) is 1. The summed E-state index contributed by atoms with van der Waals surface area (Å²) in [6.07, 6.45) is 0. The summed E-state index contributed by atoms with van der Waals surface area (Å²) in [5.74, 6) is 1.00. The van der Waals surface area contributed by atoms with Gasteiger partial charge in [-0.3, -0.25) is 0 Å². The number of rotatable bonds is 5. The molecular weight excluding hydrogens is 242 g/mol. The maximum atomic E-state index is 11.6. The number of nitrogens with one attached hydrogen (secondary N) is 2. The first kappa shape index (κ1) is 15.3. The summed E-state index contributed by atoms with van der Waals surface area (Å²) >= 11 is 0. The predicted molar refractivity (Wildman–Crippen MR) is 75.3 cm³/mol. The number of hydrogen-bond donors (Lipinski definition) is 2. The number of carbonyl (C=O) groups excluding carboxylic acids is 1. The zero-order valence-electron chi connectivity index (χ0n) is 12.3. The van der Waals surface area contributed by atoms with E-state index in [0.717, 1.165) is 16.8 Å². The first-order valence-electron chi connectivity index (χ1n) is 6.46. The summed E-state index contributed by atoms with van der Waals surface area (Å²) in [4.78, 5) is 15.9. The molecule has 0 spiro atoms. The SMILES string of the molecule is COc1nc(C)cc(C)c1CNC(=O)NCC(C)C. The Morgan fingerprint density at radius 2 is 2.05 bits per heavy atom. The summed E-state index contributed by atoms with van der Waals surface area (Å²) < 4.78 is 5.25. The molecule has 0 saturated carbocycles. The molecule has 0 bridgehead atoms. The molecule has 0 unspecified atom stereocenters. The van der Waals surface area contributed by atoms with E-state index in [-0.39, 0.29) is 6.03 Å². The van der Waals surface area contributed by atoms with Crippen LogP contribution in [0.15, 0.2) is 6.07 Å². The molecule has 1 aromatic heterocycles. The number of aryl methyl sites for hydroxylation is 2. The molecular formula is C14H23N3O2. The molecule has 0 aliphatic heterocycles. The van der Waals surface area contributed by atoms with E-state index in [4.69, 9.17) is 4.74 Å². The Bertz CT molecular complexity index is 445. The van der Waals surface area contributed by atoms with Gasteiger partial charge < -0.3 is 15.4 Å². The maximum Gasteiger partial charge on any atom is 0.315 e. The lowest BCUT2D eigenvalue weighted by Gasteiger charge is -2.13. The number of amides is 2. The highest BCUT2D eigenvalue weighted by Gasteiger charge is 2.10. The number of aromatic nitrogens is 1. The molecule has 1 rings (SSSR count). The van der Waals surface area contributed by atoms with Crippen LogP contribution in [0.4, 0.5) is 4.79 Å². The monoisotopic (exact) mass is 265 g/mol. The Kier molecular flexibility index (Phi) is 5.60. The normalized spacial score (nSPS) is 10.4. The van der Waals surface area contributed by atoms with Gasteiger partial charge in [-0.25, -0.2) is 9.78 Å². The third-order valence-corrected chi connectivity index (χ3v) is 2.73. The lowest BCUT2D eigenvalue weighted by Crippen LogP contribution is -2.37. The zero-order chi connectivity index (χ0) is 14.4. The fraction of sp³-hybridized carbons (Fsp3) is 0.571. The van der Waals surface area contributed by atoms with E-state index in [0.29, 0.717) is 24.9 Å². The van der Waals surface area contributed by atoms with Crippen molar-refractivity contribution in [3.63, 3.8) is 0 Å². The van der Waals surface area contributed by atoms with E-state index < -0.39 is 0 Å². The minimum absolute atomic E-state index is 0.171. The van der Waals surface area contributed by atoms with Crippen LogP contribution in [-0.4, -0.2) is 24.7 Å². The molecule has 5 nitrogen and oxygen atoms in total. The van der Waals surface area contributed by atoms with Crippen molar-refractivity contribution in [1.29, 1.82) is 0 Å². The van der Waals surface area contributed by atoms with Crippen LogP contribution in [-0.2, 0) is 6.54 Å². The highest BCUT2D eigenvalue weighted by atomic mass is 16.5. The number of pyridine rings is 1. The van der Waals surface area contributed by atoms with Crippen molar-refractivity contribution >= 4 is 6.03 Å². The van der Waals surface area contributed by atoms with E-state index in [9.17, 15) is 4.79 Å². The van der Waals surface area contributed by atoms with Crippen molar-refractivity contribution in [3.05, 3.63) is 22.9 Å². The van der Waals surface area contributed by atoms with Crippen molar-refractivity contribution in [3.8, 4) is 5.88 Å². The van der Waals surface area contributed by atoms with Gasteiger partial charge in [-0.15, -0.1) is 0 Å². The minimum Gasteiger partial charge on any atom is -0.481 e. The Morgan fingerprint density at radius 1 is 1.37 bits per heavy atom. The summed E-state index contributed by atoms with van der Waals surface area (Å²) in [7, 11) is 1.59. The third kappa shape index (κ3) is 4.77. The van der Waals surface area contributed by atoms with Gasteiger partial charge >= 0.3 is 6.03 Å². The van der Waals surface area contributed by atoms with E-state index in [1.807, 2.05) is 19.9 Å². The van der Waals surface area contributed by atoms with E-state index >= 15 is 0 Å². The van der Waals surface area contributed by atoms with Gasteiger partial charge in [0, 0.05) is 17.8 Å². The van der Waals surface area contributed by atoms with E-state index in [1.165, 1.54) is 0 Å². The van der Waals surface area contributed by atoms with Crippen molar-refractivity contribution in [2.75, 3.05) is 13.7 Å². The van der Waals surface area contributed by atoms with Crippen LogP contribution in [0.5, 0.6) is 5.88 Å². The van der Waals surface area contributed by atoms with Gasteiger partial charge in [0.15, 0.2) is 0 Å². The number of urea groups is 1. The van der Waals surface area contributed by atoms with Crippen LogP contribution in [0.25, 0.3) is 0 Å². The number of ether oxygens (including phenoxy) is 1. The highest BCUT2D eigenvalue weighted by molar-refractivity contribution is 5.73. The molecule has 2 N–H and O–H groups in total. The first-order valence-corrected chi connectivity index (χ1v) is 6.46. The number of carbonyl (C=O) groups is 1. The van der Waals surface area contributed by atoms with Crippen LogP contribution in [0.2, 0.25) is 0 Å². The number of hydrogen-bond acceptors (Lipinski definition) is 3. The molecule has 5 heteroatoms. The molecule has 0 saturated heterocycles. The van der Waals surface area contributed by atoms with Crippen LogP contribution in [0.3, 0.4) is 0 Å². The second kappa shape index (κ2) is 6.97. The summed E-state index contributed by atoms with van der Waals surface area (Å²) in [5.41, 5.74) is 2.88. The first-order chi connectivity index (χ1) is 8.93. The molecule has 0 aromatic carbocycles. The molecule has 0 atom stereocenters. The Labute approximate surface area is 114 Å². The fourth-order valence-electron chi connectivity index (χ4n) is 1.74. The van der Waals surface area contributed by atoms with Gasteiger partial charge in [0.2, 0.25) is 5.88 Å². The van der Waals surface area contributed by atoms with Gasteiger partial charge in [0.1, 0.15) is 0 Å².